The van der Waals surface area contributed by atoms with Gasteiger partial charge in [0.05, 0.1) is 5.92 Å². The van der Waals surface area contributed by atoms with Gasteiger partial charge in [-0.3, -0.25) is 9.69 Å². The lowest BCUT2D eigenvalue weighted by Gasteiger charge is -2.36. The predicted molar refractivity (Wildman–Crippen MR) is 89.4 cm³/mol. The van der Waals surface area contributed by atoms with E-state index in [0.717, 1.165) is 31.5 Å². The summed E-state index contributed by atoms with van der Waals surface area (Å²) in [6.45, 7) is 2.88. The number of carbonyl (C=O) groups is 1. The number of amides is 1. The first-order chi connectivity index (χ1) is 12.4. The van der Waals surface area contributed by atoms with Crippen molar-refractivity contribution in [3.8, 4) is 5.75 Å². The van der Waals surface area contributed by atoms with Crippen LogP contribution in [0.5, 0.6) is 5.75 Å². The van der Waals surface area contributed by atoms with Crippen LogP contribution in [0.15, 0.2) is 24.3 Å². The van der Waals surface area contributed by atoms with Crippen molar-refractivity contribution in [2.24, 2.45) is 11.8 Å². The number of rotatable bonds is 5. The van der Waals surface area contributed by atoms with Crippen molar-refractivity contribution < 1.29 is 22.7 Å². The van der Waals surface area contributed by atoms with Gasteiger partial charge in [-0.15, -0.1) is 13.2 Å². The maximum atomic E-state index is 12.7. The SMILES string of the molecule is O=C1[C@H]2CC[C@H](CN(Cc3cccc(OC(F)(F)F)c3)C2)N1CC1CC1. The molecule has 142 valence electrons. The third-order valence-electron chi connectivity index (χ3n) is 5.56. The normalized spacial score (nSPS) is 26.9. The zero-order chi connectivity index (χ0) is 18.3. The molecule has 7 heteroatoms. The van der Waals surface area contributed by atoms with E-state index in [9.17, 15) is 18.0 Å². The quantitative estimate of drug-likeness (QED) is 0.798. The molecule has 1 aromatic rings. The first-order valence-electron chi connectivity index (χ1n) is 9.25. The van der Waals surface area contributed by atoms with E-state index in [1.807, 2.05) is 0 Å². The van der Waals surface area contributed by atoms with Crippen LogP contribution in [0.25, 0.3) is 0 Å². The Morgan fingerprint density at radius 3 is 2.65 bits per heavy atom. The summed E-state index contributed by atoms with van der Waals surface area (Å²) in [6, 6.07) is 6.36. The van der Waals surface area contributed by atoms with Crippen LogP contribution in [0.1, 0.15) is 31.2 Å². The second kappa shape index (κ2) is 6.76. The zero-order valence-corrected chi connectivity index (χ0v) is 14.5. The Hall–Kier alpha value is -1.76. The van der Waals surface area contributed by atoms with Gasteiger partial charge in [-0.2, -0.15) is 0 Å². The topological polar surface area (TPSA) is 32.8 Å². The molecule has 0 N–H and O–H groups in total. The first-order valence-corrected chi connectivity index (χ1v) is 9.25. The van der Waals surface area contributed by atoms with Crippen LogP contribution in [0.3, 0.4) is 0 Å². The second-order valence-corrected chi connectivity index (χ2v) is 7.75. The number of hydrogen-bond donors (Lipinski definition) is 0. The van der Waals surface area contributed by atoms with Crippen LogP contribution in [-0.4, -0.2) is 47.7 Å². The van der Waals surface area contributed by atoms with Crippen molar-refractivity contribution >= 4 is 5.91 Å². The second-order valence-electron chi connectivity index (χ2n) is 7.75. The van der Waals surface area contributed by atoms with E-state index in [1.165, 1.54) is 25.0 Å². The average Bonchev–Trinajstić information content (AvgIpc) is 3.37. The third-order valence-corrected chi connectivity index (χ3v) is 5.56. The molecule has 5 rings (SSSR count). The molecule has 1 aliphatic carbocycles. The summed E-state index contributed by atoms with van der Waals surface area (Å²) in [6.07, 6.45) is -0.306. The lowest BCUT2D eigenvalue weighted by atomic mass is 9.94. The Balaban J connectivity index is 1.44. The fourth-order valence-corrected chi connectivity index (χ4v) is 4.18. The Morgan fingerprint density at radius 1 is 1.12 bits per heavy atom. The van der Waals surface area contributed by atoms with E-state index in [0.29, 0.717) is 19.0 Å². The highest BCUT2D eigenvalue weighted by Crippen LogP contribution is 2.36. The number of benzene rings is 1. The molecule has 26 heavy (non-hydrogen) atoms. The van der Waals surface area contributed by atoms with Gasteiger partial charge in [-0.05, 0) is 49.3 Å². The minimum Gasteiger partial charge on any atom is -0.406 e. The van der Waals surface area contributed by atoms with E-state index in [2.05, 4.69) is 14.5 Å². The molecule has 2 atom stereocenters. The molecule has 1 saturated carbocycles. The van der Waals surface area contributed by atoms with Gasteiger partial charge in [-0.25, -0.2) is 0 Å². The summed E-state index contributed by atoms with van der Waals surface area (Å²) in [5.41, 5.74) is 0.772. The van der Waals surface area contributed by atoms with Crippen molar-refractivity contribution in [2.75, 3.05) is 19.6 Å². The molecular weight excluding hydrogens is 345 g/mol. The molecule has 3 aliphatic heterocycles. The molecule has 0 spiro atoms. The highest BCUT2D eigenvalue weighted by Gasteiger charge is 2.42. The van der Waals surface area contributed by atoms with Crippen LogP contribution >= 0.6 is 0 Å². The van der Waals surface area contributed by atoms with Gasteiger partial charge in [-0.1, -0.05) is 12.1 Å². The number of halogens is 3. The Labute approximate surface area is 150 Å². The first kappa shape index (κ1) is 17.6. The summed E-state index contributed by atoms with van der Waals surface area (Å²) < 4.78 is 41.3. The van der Waals surface area contributed by atoms with Crippen molar-refractivity contribution in [1.82, 2.24) is 9.80 Å². The van der Waals surface area contributed by atoms with Gasteiger partial charge < -0.3 is 9.64 Å². The van der Waals surface area contributed by atoms with Crippen LogP contribution in [0, 0.1) is 11.8 Å². The van der Waals surface area contributed by atoms with E-state index in [1.54, 1.807) is 12.1 Å². The molecule has 4 aliphatic rings. The van der Waals surface area contributed by atoms with Gasteiger partial charge in [0.15, 0.2) is 0 Å². The van der Waals surface area contributed by atoms with Crippen LogP contribution in [-0.2, 0) is 11.3 Å². The predicted octanol–water partition coefficient (Wildman–Crippen LogP) is 3.42. The number of ether oxygens (including phenoxy) is 1. The summed E-state index contributed by atoms with van der Waals surface area (Å²) in [7, 11) is 0. The van der Waals surface area contributed by atoms with Crippen molar-refractivity contribution in [3.63, 3.8) is 0 Å². The molecular formula is C19H23F3N2O2. The van der Waals surface area contributed by atoms with Crippen molar-refractivity contribution in [2.45, 2.75) is 44.6 Å². The van der Waals surface area contributed by atoms with E-state index in [4.69, 9.17) is 0 Å². The summed E-state index contributed by atoms with van der Waals surface area (Å²) in [5, 5.41) is 0. The fraction of sp³-hybridized carbons (Fsp3) is 0.632. The largest absolute Gasteiger partial charge is 0.573 e. The van der Waals surface area contributed by atoms with Gasteiger partial charge in [0, 0.05) is 32.2 Å². The number of piperidine rings is 1. The highest BCUT2D eigenvalue weighted by atomic mass is 19.4. The number of fused-ring (bicyclic) bond motifs is 4. The number of hydrogen-bond acceptors (Lipinski definition) is 3. The fourth-order valence-electron chi connectivity index (χ4n) is 4.18. The highest BCUT2D eigenvalue weighted by molar-refractivity contribution is 5.80. The molecule has 0 aromatic heterocycles. The van der Waals surface area contributed by atoms with Gasteiger partial charge >= 0.3 is 6.36 Å². The standard InChI is InChI=1S/C19H23F3N2O2/c20-19(21,22)26-17-3-1-2-14(8-17)9-23-11-15-6-7-16(12-23)24(18(15)25)10-13-4-5-13/h1-3,8,13,15-16H,4-7,9-12H2/t15-,16+/m0/s1. The molecule has 4 fully saturated rings. The molecule has 3 saturated heterocycles. The minimum atomic E-state index is -4.68. The average molecular weight is 368 g/mol. The monoisotopic (exact) mass is 368 g/mol. The zero-order valence-electron chi connectivity index (χ0n) is 14.5. The van der Waals surface area contributed by atoms with Crippen LogP contribution in [0.2, 0.25) is 0 Å². The smallest absolute Gasteiger partial charge is 0.406 e. The van der Waals surface area contributed by atoms with Crippen molar-refractivity contribution in [1.29, 1.82) is 0 Å². The lowest BCUT2D eigenvalue weighted by Crippen LogP contribution is -2.48. The maximum absolute atomic E-state index is 12.7. The number of alkyl halides is 3. The molecule has 1 aromatic carbocycles. The van der Waals surface area contributed by atoms with E-state index in [-0.39, 0.29) is 23.6 Å². The van der Waals surface area contributed by atoms with Crippen molar-refractivity contribution in [3.05, 3.63) is 29.8 Å². The van der Waals surface area contributed by atoms with E-state index < -0.39 is 6.36 Å². The lowest BCUT2D eigenvalue weighted by molar-refractivity contribution is -0.274. The van der Waals surface area contributed by atoms with Crippen LogP contribution in [0.4, 0.5) is 13.2 Å². The van der Waals surface area contributed by atoms with Gasteiger partial charge in [0.2, 0.25) is 5.91 Å². The summed E-state index contributed by atoms with van der Waals surface area (Å²) >= 11 is 0. The number of carbonyl (C=O) groups excluding carboxylic acids is 1. The van der Waals surface area contributed by atoms with Gasteiger partial charge in [0.25, 0.3) is 0 Å². The minimum absolute atomic E-state index is 0.0158. The third kappa shape index (κ3) is 4.14. The molecule has 3 heterocycles. The molecule has 0 radical (unpaired) electrons. The molecule has 1 amide bonds. The van der Waals surface area contributed by atoms with Gasteiger partial charge in [0.1, 0.15) is 5.75 Å². The Bertz CT molecular complexity index is 675. The molecule has 2 bridgehead atoms. The number of nitrogens with zero attached hydrogens (tertiary/aromatic N) is 2. The molecule has 4 nitrogen and oxygen atoms in total. The molecule has 0 unspecified atom stereocenters. The Morgan fingerprint density at radius 2 is 1.92 bits per heavy atom. The summed E-state index contributed by atoms with van der Waals surface area (Å²) in [4.78, 5) is 17.0. The summed E-state index contributed by atoms with van der Waals surface area (Å²) in [5.74, 6) is 0.758. The van der Waals surface area contributed by atoms with E-state index >= 15 is 0 Å². The van der Waals surface area contributed by atoms with Crippen LogP contribution < -0.4 is 4.74 Å². The Kier molecular flexibility index (Phi) is 4.59. The maximum Gasteiger partial charge on any atom is 0.573 e.